The molecule has 1 saturated heterocycles. The lowest BCUT2D eigenvalue weighted by Gasteiger charge is -2.15. The molecule has 1 aliphatic heterocycles. The van der Waals surface area contributed by atoms with E-state index >= 15 is 0 Å². The summed E-state index contributed by atoms with van der Waals surface area (Å²) in [5, 5.41) is 2.34. The van der Waals surface area contributed by atoms with Crippen molar-refractivity contribution < 1.29 is 9.59 Å². The van der Waals surface area contributed by atoms with E-state index in [1.807, 2.05) is 30.3 Å². The van der Waals surface area contributed by atoms with Crippen molar-refractivity contribution in [2.24, 2.45) is 0 Å². The molecule has 19 heavy (non-hydrogen) atoms. The van der Waals surface area contributed by atoms with E-state index in [1.165, 1.54) is 0 Å². The number of hydrogen-bond acceptors (Lipinski definition) is 3. The summed E-state index contributed by atoms with van der Waals surface area (Å²) >= 11 is 4.32. The maximum absolute atomic E-state index is 12.0. The second-order valence-corrected chi connectivity index (χ2v) is 5.44. The van der Waals surface area contributed by atoms with Gasteiger partial charge >= 0.3 is 0 Å². The number of carbonyl (C=O) groups excluding carboxylic acids is 2. The minimum absolute atomic E-state index is 0.0198. The van der Waals surface area contributed by atoms with E-state index in [0.717, 1.165) is 5.56 Å². The molecule has 1 aromatic rings. The molecule has 1 aromatic carbocycles. The zero-order valence-corrected chi connectivity index (χ0v) is 11.8. The van der Waals surface area contributed by atoms with Gasteiger partial charge in [0, 0.05) is 13.6 Å². The van der Waals surface area contributed by atoms with Crippen LogP contribution in [0.3, 0.4) is 0 Å². The standard InChI is InChI=1S/C14H18N2O2S/c1-16-8-7-11(14(16)18)15-13(17)12(19)9-10-5-3-2-4-6-10/h2-6,11-12,19H,7-9H2,1H3,(H,15,17). The van der Waals surface area contributed by atoms with E-state index < -0.39 is 5.25 Å². The highest BCUT2D eigenvalue weighted by Gasteiger charge is 2.31. The molecule has 0 bridgehead atoms. The number of hydrogen-bond donors (Lipinski definition) is 2. The second-order valence-electron chi connectivity index (χ2n) is 4.82. The van der Waals surface area contributed by atoms with Crippen molar-refractivity contribution in [3.63, 3.8) is 0 Å². The smallest absolute Gasteiger partial charge is 0.244 e. The van der Waals surface area contributed by atoms with Crippen LogP contribution in [0.1, 0.15) is 12.0 Å². The minimum Gasteiger partial charge on any atom is -0.344 e. The lowest BCUT2D eigenvalue weighted by atomic mass is 10.1. The van der Waals surface area contributed by atoms with Crippen LogP contribution in [0.4, 0.5) is 0 Å². The Morgan fingerprint density at radius 3 is 2.74 bits per heavy atom. The molecule has 2 rings (SSSR count). The molecule has 0 aromatic heterocycles. The third-order valence-corrected chi connectivity index (χ3v) is 3.74. The van der Waals surface area contributed by atoms with Gasteiger partial charge in [-0.1, -0.05) is 30.3 Å². The number of amides is 2. The predicted molar refractivity (Wildman–Crippen MR) is 77.1 cm³/mol. The van der Waals surface area contributed by atoms with Gasteiger partial charge in [-0.2, -0.15) is 12.6 Å². The number of nitrogens with zero attached hydrogens (tertiary/aromatic N) is 1. The second kappa shape index (κ2) is 6.10. The van der Waals surface area contributed by atoms with E-state index in [0.29, 0.717) is 19.4 Å². The first-order valence-electron chi connectivity index (χ1n) is 6.35. The molecular formula is C14H18N2O2S. The largest absolute Gasteiger partial charge is 0.344 e. The fourth-order valence-electron chi connectivity index (χ4n) is 2.15. The van der Waals surface area contributed by atoms with Gasteiger partial charge in [-0.15, -0.1) is 0 Å². The Hall–Kier alpha value is -1.49. The van der Waals surface area contributed by atoms with Gasteiger partial charge in [-0.25, -0.2) is 0 Å². The van der Waals surface area contributed by atoms with Gasteiger partial charge in [0.05, 0.1) is 5.25 Å². The van der Waals surface area contributed by atoms with Gasteiger partial charge in [0.25, 0.3) is 0 Å². The molecule has 0 aliphatic carbocycles. The van der Waals surface area contributed by atoms with Gasteiger partial charge in [-0.3, -0.25) is 9.59 Å². The lowest BCUT2D eigenvalue weighted by Crippen LogP contribution is -2.44. The highest BCUT2D eigenvalue weighted by molar-refractivity contribution is 7.81. The maximum atomic E-state index is 12.0. The van der Waals surface area contributed by atoms with Crippen LogP contribution in [0.2, 0.25) is 0 Å². The summed E-state index contributed by atoms with van der Waals surface area (Å²) in [5.41, 5.74) is 1.06. The zero-order valence-electron chi connectivity index (χ0n) is 10.9. The third kappa shape index (κ3) is 3.50. The van der Waals surface area contributed by atoms with Gasteiger partial charge in [-0.05, 0) is 18.4 Å². The molecule has 102 valence electrons. The predicted octanol–water partition coefficient (Wildman–Crippen LogP) is 0.874. The van der Waals surface area contributed by atoms with Crippen molar-refractivity contribution in [2.75, 3.05) is 13.6 Å². The van der Waals surface area contributed by atoms with Crippen LogP contribution >= 0.6 is 12.6 Å². The first-order chi connectivity index (χ1) is 9.08. The van der Waals surface area contributed by atoms with E-state index in [4.69, 9.17) is 0 Å². The SMILES string of the molecule is CN1CCC(NC(=O)C(S)Cc2ccccc2)C1=O. The highest BCUT2D eigenvalue weighted by Crippen LogP contribution is 2.11. The molecule has 1 fully saturated rings. The van der Waals surface area contributed by atoms with Gasteiger partial charge in [0.15, 0.2) is 0 Å². The average Bonchev–Trinajstić information content (AvgIpc) is 2.72. The molecule has 0 radical (unpaired) electrons. The van der Waals surface area contributed by atoms with Crippen molar-refractivity contribution in [2.45, 2.75) is 24.1 Å². The lowest BCUT2D eigenvalue weighted by molar-refractivity contribution is -0.131. The summed E-state index contributed by atoms with van der Waals surface area (Å²) in [6.45, 7) is 0.694. The Labute approximate surface area is 118 Å². The molecule has 1 N–H and O–H groups in total. The molecule has 1 heterocycles. The summed E-state index contributed by atoms with van der Waals surface area (Å²) in [7, 11) is 1.75. The van der Waals surface area contributed by atoms with E-state index in [-0.39, 0.29) is 17.9 Å². The minimum atomic E-state index is -0.430. The fraction of sp³-hybridized carbons (Fsp3) is 0.429. The van der Waals surface area contributed by atoms with Crippen LogP contribution in [0.15, 0.2) is 30.3 Å². The molecule has 1 aliphatic rings. The van der Waals surface area contributed by atoms with Crippen LogP contribution in [0, 0.1) is 0 Å². The Balaban J connectivity index is 1.88. The fourth-order valence-corrected chi connectivity index (χ4v) is 2.44. The monoisotopic (exact) mass is 278 g/mol. The number of rotatable bonds is 4. The molecule has 4 nitrogen and oxygen atoms in total. The Morgan fingerprint density at radius 1 is 1.47 bits per heavy atom. The zero-order chi connectivity index (χ0) is 13.8. The number of likely N-dealkylation sites (tertiary alicyclic amines) is 1. The Morgan fingerprint density at radius 2 is 2.16 bits per heavy atom. The Bertz CT molecular complexity index is 464. The summed E-state index contributed by atoms with van der Waals surface area (Å²) in [6, 6.07) is 9.34. The Kier molecular flexibility index (Phi) is 4.47. The topological polar surface area (TPSA) is 49.4 Å². The van der Waals surface area contributed by atoms with Gasteiger partial charge < -0.3 is 10.2 Å². The molecule has 5 heteroatoms. The summed E-state index contributed by atoms with van der Waals surface area (Å²) < 4.78 is 0. The molecular weight excluding hydrogens is 260 g/mol. The van der Waals surface area contributed by atoms with Crippen LogP contribution in [-0.4, -0.2) is 41.6 Å². The van der Waals surface area contributed by atoms with Crippen molar-refractivity contribution >= 4 is 24.4 Å². The molecule has 0 saturated carbocycles. The highest BCUT2D eigenvalue weighted by atomic mass is 32.1. The summed E-state index contributed by atoms with van der Waals surface area (Å²) in [5.74, 6) is -0.200. The van der Waals surface area contributed by atoms with Gasteiger partial charge in [0.1, 0.15) is 6.04 Å². The van der Waals surface area contributed by atoms with Crippen molar-refractivity contribution in [3.8, 4) is 0 Å². The first kappa shape index (κ1) is 13.9. The van der Waals surface area contributed by atoms with Crippen LogP contribution in [0.5, 0.6) is 0 Å². The molecule has 2 unspecified atom stereocenters. The average molecular weight is 278 g/mol. The maximum Gasteiger partial charge on any atom is 0.244 e. The number of thiol groups is 1. The number of benzene rings is 1. The number of carbonyl (C=O) groups is 2. The number of likely N-dealkylation sites (N-methyl/N-ethyl adjacent to an activating group) is 1. The van der Waals surface area contributed by atoms with Crippen molar-refractivity contribution in [1.29, 1.82) is 0 Å². The van der Waals surface area contributed by atoms with Crippen LogP contribution in [-0.2, 0) is 16.0 Å². The molecule has 0 spiro atoms. The normalized spacial score (nSPS) is 20.4. The van der Waals surface area contributed by atoms with Crippen LogP contribution in [0.25, 0.3) is 0 Å². The first-order valence-corrected chi connectivity index (χ1v) is 6.87. The number of nitrogens with one attached hydrogen (secondary N) is 1. The quantitative estimate of drug-likeness (QED) is 0.803. The van der Waals surface area contributed by atoms with E-state index in [9.17, 15) is 9.59 Å². The van der Waals surface area contributed by atoms with E-state index in [1.54, 1.807) is 11.9 Å². The molecule has 2 amide bonds. The van der Waals surface area contributed by atoms with Crippen LogP contribution < -0.4 is 5.32 Å². The summed E-state index contributed by atoms with van der Waals surface area (Å²) in [4.78, 5) is 25.3. The van der Waals surface area contributed by atoms with Crippen molar-refractivity contribution in [1.82, 2.24) is 10.2 Å². The third-order valence-electron chi connectivity index (χ3n) is 3.32. The molecule has 2 atom stereocenters. The summed E-state index contributed by atoms with van der Waals surface area (Å²) in [6.07, 6.45) is 1.24. The van der Waals surface area contributed by atoms with Gasteiger partial charge in [0.2, 0.25) is 11.8 Å². The van der Waals surface area contributed by atoms with E-state index in [2.05, 4.69) is 17.9 Å². The van der Waals surface area contributed by atoms with Crippen molar-refractivity contribution in [3.05, 3.63) is 35.9 Å².